The van der Waals surface area contributed by atoms with E-state index >= 15 is 0 Å². The average molecular weight is 344 g/mol. The molecule has 0 saturated carbocycles. The van der Waals surface area contributed by atoms with E-state index in [2.05, 4.69) is 5.32 Å². The van der Waals surface area contributed by atoms with Gasteiger partial charge in [0.15, 0.2) is 6.61 Å². The van der Waals surface area contributed by atoms with Gasteiger partial charge in [-0.3, -0.25) is 9.59 Å². The molecule has 0 aromatic heterocycles. The Labute approximate surface area is 146 Å². The SMILES string of the molecule is CCN(Cc1cccc(F)c1)C(=O)CNC(=O)COc1ccccc1. The van der Waals surface area contributed by atoms with Gasteiger partial charge in [-0.2, -0.15) is 0 Å². The Bertz CT molecular complexity index is 707. The van der Waals surface area contributed by atoms with E-state index in [-0.39, 0.29) is 30.8 Å². The molecule has 0 fully saturated rings. The topological polar surface area (TPSA) is 58.6 Å². The van der Waals surface area contributed by atoms with Crippen LogP contribution < -0.4 is 10.1 Å². The van der Waals surface area contributed by atoms with Gasteiger partial charge >= 0.3 is 0 Å². The van der Waals surface area contributed by atoms with Crippen LogP contribution >= 0.6 is 0 Å². The number of benzene rings is 2. The summed E-state index contributed by atoms with van der Waals surface area (Å²) in [5, 5.41) is 2.54. The number of carbonyl (C=O) groups excluding carboxylic acids is 2. The number of hydrogen-bond acceptors (Lipinski definition) is 3. The monoisotopic (exact) mass is 344 g/mol. The van der Waals surface area contributed by atoms with E-state index in [0.29, 0.717) is 24.4 Å². The Balaban J connectivity index is 1.78. The van der Waals surface area contributed by atoms with Gasteiger partial charge in [-0.1, -0.05) is 30.3 Å². The molecule has 132 valence electrons. The third-order valence-corrected chi connectivity index (χ3v) is 3.55. The molecule has 0 radical (unpaired) electrons. The van der Waals surface area contributed by atoms with Crippen LogP contribution in [0.4, 0.5) is 4.39 Å². The lowest BCUT2D eigenvalue weighted by molar-refractivity contribution is -0.133. The molecule has 2 amide bonds. The number of carbonyl (C=O) groups is 2. The summed E-state index contributed by atoms with van der Waals surface area (Å²) < 4.78 is 18.5. The Hall–Kier alpha value is -2.89. The fourth-order valence-electron chi connectivity index (χ4n) is 2.23. The number of ether oxygens (including phenoxy) is 1. The molecule has 2 aromatic rings. The molecule has 0 saturated heterocycles. The van der Waals surface area contributed by atoms with Crippen molar-refractivity contribution in [3.63, 3.8) is 0 Å². The maximum absolute atomic E-state index is 13.2. The summed E-state index contributed by atoms with van der Waals surface area (Å²) in [5.41, 5.74) is 0.703. The zero-order chi connectivity index (χ0) is 18.1. The fraction of sp³-hybridized carbons (Fsp3) is 0.263. The van der Waals surface area contributed by atoms with Crippen LogP contribution in [0.1, 0.15) is 12.5 Å². The molecule has 0 heterocycles. The summed E-state index contributed by atoms with van der Waals surface area (Å²) in [6.07, 6.45) is 0. The number of hydrogen-bond donors (Lipinski definition) is 1. The van der Waals surface area contributed by atoms with E-state index in [1.807, 2.05) is 25.1 Å². The minimum atomic E-state index is -0.376. The van der Waals surface area contributed by atoms with Crippen molar-refractivity contribution in [2.75, 3.05) is 19.7 Å². The van der Waals surface area contributed by atoms with Crippen molar-refractivity contribution < 1.29 is 18.7 Å². The smallest absolute Gasteiger partial charge is 0.258 e. The first-order valence-corrected chi connectivity index (χ1v) is 8.05. The van der Waals surface area contributed by atoms with E-state index in [9.17, 15) is 14.0 Å². The number of likely N-dealkylation sites (N-methyl/N-ethyl adjacent to an activating group) is 1. The molecule has 25 heavy (non-hydrogen) atoms. The highest BCUT2D eigenvalue weighted by atomic mass is 19.1. The van der Waals surface area contributed by atoms with Gasteiger partial charge in [0.2, 0.25) is 5.91 Å². The van der Waals surface area contributed by atoms with Gasteiger partial charge in [-0.05, 0) is 36.8 Å². The normalized spacial score (nSPS) is 10.2. The molecule has 1 N–H and O–H groups in total. The molecule has 0 bridgehead atoms. The molecule has 5 nitrogen and oxygen atoms in total. The van der Waals surface area contributed by atoms with Crippen LogP contribution in [-0.4, -0.2) is 36.4 Å². The summed E-state index contributed by atoms with van der Waals surface area (Å²) in [6.45, 7) is 2.31. The first-order chi connectivity index (χ1) is 12.1. The van der Waals surface area contributed by atoms with Crippen molar-refractivity contribution in [3.8, 4) is 5.75 Å². The number of para-hydroxylation sites is 1. The molecule has 0 unspecified atom stereocenters. The lowest BCUT2D eigenvalue weighted by Crippen LogP contribution is -2.41. The predicted octanol–water partition coefficient (Wildman–Crippen LogP) is 2.37. The quantitative estimate of drug-likeness (QED) is 0.800. The van der Waals surface area contributed by atoms with Gasteiger partial charge in [0.1, 0.15) is 11.6 Å². The highest BCUT2D eigenvalue weighted by Crippen LogP contribution is 2.08. The lowest BCUT2D eigenvalue weighted by Gasteiger charge is -2.21. The van der Waals surface area contributed by atoms with Crippen LogP contribution in [0.15, 0.2) is 54.6 Å². The predicted molar refractivity (Wildman–Crippen MR) is 92.4 cm³/mol. The summed E-state index contributed by atoms with van der Waals surface area (Å²) in [7, 11) is 0. The molecule has 0 atom stereocenters. The van der Waals surface area contributed by atoms with E-state index < -0.39 is 0 Å². The molecule has 0 aliphatic rings. The Morgan fingerprint density at radius 3 is 2.56 bits per heavy atom. The van der Waals surface area contributed by atoms with Crippen molar-refractivity contribution in [2.45, 2.75) is 13.5 Å². The van der Waals surface area contributed by atoms with E-state index in [1.165, 1.54) is 12.1 Å². The summed E-state index contributed by atoms with van der Waals surface area (Å²) >= 11 is 0. The third kappa shape index (κ3) is 6.25. The minimum Gasteiger partial charge on any atom is -0.484 e. The fourth-order valence-corrected chi connectivity index (χ4v) is 2.23. The van der Waals surface area contributed by atoms with Crippen LogP contribution in [0.5, 0.6) is 5.75 Å². The number of halogens is 1. The largest absolute Gasteiger partial charge is 0.484 e. The highest BCUT2D eigenvalue weighted by molar-refractivity contribution is 5.85. The van der Waals surface area contributed by atoms with Crippen LogP contribution in [-0.2, 0) is 16.1 Å². The van der Waals surface area contributed by atoms with Crippen LogP contribution in [0.3, 0.4) is 0 Å². The van der Waals surface area contributed by atoms with Gasteiger partial charge in [0.05, 0.1) is 6.54 Å². The number of nitrogens with one attached hydrogen (secondary N) is 1. The van der Waals surface area contributed by atoms with Crippen molar-refractivity contribution in [2.24, 2.45) is 0 Å². The molecular weight excluding hydrogens is 323 g/mol. The molecule has 0 aliphatic heterocycles. The second kappa shape index (κ2) is 9.42. The van der Waals surface area contributed by atoms with Gasteiger partial charge in [0, 0.05) is 13.1 Å². The Kier molecular flexibility index (Phi) is 6.95. The molecule has 6 heteroatoms. The van der Waals surface area contributed by atoms with Crippen molar-refractivity contribution >= 4 is 11.8 Å². The zero-order valence-corrected chi connectivity index (χ0v) is 14.1. The van der Waals surface area contributed by atoms with Crippen molar-refractivity contribution in [1.29, 1.82) is 0 Å². The van der Waals surface area contributed by atoms with Crippen molar-refractivity contribution in [3.05, 3.63) is 66.0 Å². The maximum Gasteiger partial charge on any atom is 0.258 e. The van der Waals surface area contributed by atoms with Gasteiger partial charge in [-0.25, -0.2) is 4.39 Å². The first-order valence-electron chi connectivity index (χ1n) is 8.05. The third-order valence-electron chi connectivity index (χ3n) is 3.55. The second-order valence-corrected chi connectivity index (χ2v) is 5.42. The molecule has 0 spiro atoms. The van der Waals surface area contributed by atoms with Crippen LogP contribution in [0.25, 0.3) is 0 Å². The number of rotatable bonds is 8. The maximum atomic E-state index is 13.2. The summed E-state index contributed by atoms with van der Waals surface area (Å²) in [4.78, 5) is 25.5. The minimum absolute atomic E-state index is 0.125. The highest BCUT2D eigenvalue weighted by Gasteiger charge is 2.14. The van der Waals surface area contributed by atoms with Crippen LogP contribution in [0.2, 0.25) is 0 Å². The summed E-state index contributed by atoms with van der Waals surface area (Å²) in [6, 6.07) is 15.1. The molecule has 2 rings (SSSR count). The van der Waals surface area contributed by atoms with E-state index in [1.54, 1.807) is 29.2 Å². The summed E-state index contributed by atoms with van der Waals surface area (Å²) in [5.74, 6) is -0.364. The Morgan fingerprint density at radius 1 is 1.12 bits per heavy atom. The van der Waals surface area contributed by atoms with E-state index in [0.717, 1.165) is 0 Å². The number of amides is 2. The standard InChI is InChI=1S/C19H21FN2O3/c1-2-22(13-15-7-6-8-16(20)11-15)19(24)12-21-18(23)14-25-17-9-4-3-5-10-17/h3-11H,2,12-14H2,1H3,(H,21,23). The van der Waals surface area contributed by atoms with Crippen LogP contribution in [0, 0.1) is 5.82 Å². The zero-order valence-electron chi connectivity index (χ0n) is 14.1. The van der Waals surface area contributed by atoms with Gasteiger partial charge < -0.3 is 15.0 Å². The number of nitrogens with zero attached hydrogens (tertiary/aromatic N) is 1. The van der Waals surface area contributed by atoms with E-state index in [4.69, 9.17) is 4.74 Å². The second-order valence-electron chi connectivity index (χ2n) is 5.42. The van der Waals surface area contributed by atoms with Gasteiger partial charge in [-0.15, -0.1) is 0 Å². The molecule has 0 aliphatic carbocycles. The Morgan fingerprint density at radius 2 is 1.88 bits per heavy atom. The molecular formula is C19H21FN2O3. The lowest BCUT2D eigenvalue weighted by atomic mass is 10.2. The van der Waals surface area contributed by atoms with Gasteiger partial charge in [0.25, 0.3) is 5.91 Å². The first kappa shape index (κ1) is 18.4. The van der Waals surface area contributed by atoms with Crippen molar-refractivity contribution in [1.82, 2.24) is 10.2 Å². The molecule has 2 aromatic carbocycles. The average Bonchev–Trinajstić information content (AvgIpc) is 2.63.